The van der Waals surface area contributed by atoms with Gasteiger partial charge in [0, 0.05) is 6.61 Å². The lowest BCUT2D eigenvalue weighted by Gasteiger charge is -2.16. The molecule has 0 rings (SSSR count). The first-order valence-corrected chi connectivity index (χ1v) is 15.3. The molecule has 0 aliphatic rings. The Morgan fingerprint density at radius 2 is 0.880 bits per heavy atom. The van der Waals surface area contributed by atoms with E-state index in [-0.39, 0.29) is 0 Å². The van der Waals surface area contributed by atoms with E-state index in [1.54, 1.807) is 0 Å². The monoisotopic (exact) mass is 410 g/mol. The van der Waals surface area contributed by atoms with Gasteiger partial charge in [0.1, 0.15) is 0 Å². The smallest absolute Gasteiger partial charge is 0.389 e. The molecule has 0 amide bonds. The Morgan fingerprint density at radius 3 is 1.24 bits per heavy atom. The molecular weight excluding hydrogens is 367 g/mol. The van der Waals surface area contributed by atoms with E-state index in [0.717, 1.165) is 18.9 Å². The number of rotatable bonds is 20. The Kier molecular flexibility index (Phi) is 20.1. The molecule has 4 heteroatoms. The second kappa shape index (κ2) is 19.5. The largest absolute Gasteiger partial charge is 0.392 e. The third kappa shape index (κ3) is 20.9. The average Bonchev–Trinajstić information content (AvgIpc) is 2.59. The van der Waals surface area contributed by atoms with Crippen molar-refractivity contribution in [3.05, 3.63) is 0 Å². The van der Waals surface area contributed by atoms with Gasteiger partial charge >= 0.3 is 6.94 Å². The summed E-state index contributed by atoms with van der Waals surface area (Å²) in [5.74, 6) is 0. The van der Waals surface area contributed by atoms with E-state index in [0.29, 0.717) is 6.61 Å². The van der Waals surface area contributed by atoms with Gasteiger partial charge in [-0.05, 0) is 12.5 Å². The zero-order valence-electron chi connectivity index (χ0n) is 17.1. The van der Waals surface area contributed by atoms with Gasteiger partial charge < -0.3 is 4.43 Å². The highest BCUT2D eigenvalue weighted by atomic mass is 35.7. The average molecular weight is 412 g/mol. The van der Waals surface area contributed by atoms with Crippen molar-refractivity contribution >= 4 is 29.1 Å². The zero-order valence-corrected chi connectivity index (χ0v) is 19.6. The normalized spacial score (nSPS) is 12.0. The van der Waals surface area contributed by atoms with Gasteiger partial charge in [0.15, 0.2) is 0 Å². The fraction of sp³-hybridized carbons (Fsp3) is 1.00. The van der Waals surface area contributed by atoms with Crippen LogP contribution in [0, 0.1) is 0 Å². The maximum atomic E-state index is 6.26. The van der Waals surface area contributed by atoms with Gasteiger partial charge in [-0.25, -0.2) is 0 Å². The predicted molar refractivity (Wildman–Crippen MR) is 118 cm³/mol. The number of halogens is 2. The first-order chi connectivity index (χ1) is 12.1. The molecule has 0 aromatic rings. The van der Waals surface area contributed by atoms with E-state index < -0.39 is 6.94 Å². The first-order valence-electron chi connectivity index (χ1n) is 11.1. The summed E-state index contributed by atoms with van der Waals surface area (Å²) in [7, 11) is 0. The van der Waals surface area contributed by atoms with Crippen molar-refractivity contribution in [1.29, 1.82) is 0 Å². The Morgan fingerprint density at radius 1 is 0.520 bits per heavy atom. The predicted octanol–water partition coefficient (Wildman–Crippen LogP) is 9.09. The topological polar surface area (TPSA) is 9.23 Å². The van der Waals surface area contributed by atoms with Gasteiger partial charge in [0.05, 0.1) is 0 Å². The summed E-state index contributed by atoms with van der Waals surface area (Å²) in [6.07, 6.45) is 23.2. The third-order valence-electron chi connectivity index (χ3n) is 4.84. The Labute approximate surface area is 169 Å². The Bertz CT molecular complexity index is 262. The van der Waals surface area contributed by atoms with Crippen LogP contribution in [0.4, 0.5) is 0 Å². The highest BCUT2D eigenvalue weighted by molar-refractivity contribution is 7.42. The van der Waals surface area contributed by atoms with Crippen molar-refractivity contribution in [2.75, 3.05) is 6.61 Å². The summed E-state index contributed by atoms with van der Waals surface area (Å²) in [6, 6.07) is 0.883. The van der Waals surface area contributed by atoms with Crippen molar-refractivity contribution < 1.29 is 4.43 Å². The number of hydrogen-bond donors (Lipinski definition) is 0. The fourth-order valence-corrected chi connectivity index (χ4v) is 5.78. The standard InChI is InChI=1S/C21H44Cl2OSi/c1-3-5-6-7-8-9-10-11-12-13-14-15-16-17-18-19-21-25(22,23)24-20-4-2/h3-21H2,1-2H3. The fourth-order valence-electron chi connectivity index (χ4n) is 3.20. The quantitative estimate of drug-likeness (QED) is 0.110. The van der Waals surface area contributed by atoms with E-state index in [4.69, 9.17) is 26.6 Å². The summed E-state index contributed by atoms with van der Waals surface area (Å²) >= 11 is 12.5. The van der Waals surface area contributed by atoms with Gasteiger partial charge in [-0.3, -0.25) is 0 Å². The molecule has 0 saturated heterocycles. The third-order valence-corrected chi connectivity index (χ3v) is 8.19. The second-order valence-electron chi connectivity index (χ2n) is 7.54. The summed E-state index contributed by atoms with van der Waals surface area (Å²) in [5, 5.41) is 0. The van der Waals surface area contributed by atoms with Crippen LogP contribution in [0.2, 0.25) is 6.04 Å². The summed E-state index contributed by atoms with van der Waals surface area (Å²) in [5.41, 5.74) is 0. The van der Waals surface area contributed by atoms with Crippen molar-refractivity contribution in [1.82, 2.24) is 0 Å². The summed E-state index contributed by atoms with van der Waals surface area (Å²) in [6.45, 7) is 2.70. The molecule has 0 saturated carbocycles. The molecule has 0 fully saturated rings. The molecule has 0 aliphatic heterocycles. The minimum Gasteiger partial charge on any atom is -0.392 e. The highest BCUT2D eigenvalue weighted by Gasteiger charge is 2.29. The number of unbranched alkanes of at least 4 members (excludes halogenated alkanes) is 15. The minimum atomic E-state index is -2.39. The lowest BCUT2D eigenvalue weighted by molar-refractivity contribution is 0.322. The van der Waals surface area contributed by atoms with Gasteiger partial charge in [0.25, 0.3) is 0 Å². The lowest BCUT2D eigenvalue weighted by atomic mass is 10.0. The van der Waals surface area contributed by atoms with Crippen LogP contribution in [0.1, 0.15) is 123 Å². The molecule has 0 aromatic carbocycles. The molecule has 0 aliphatic carbocycles. The molecule has 0 atom stereocenters. The maximum Gasteiger partial charge on any atom is 0.389 e. The van der Waals surface area contributed by atoms with E-state index in [2.05, 4.69) is 13.8 Å². The van der Waals surface area contributed by atoms with Crippen molar-refractivity contribution in [3.63, 3.8) is 0 Å². The van der Waals surface area contributed by atoms with Gasteiger partial charge in [-0.1, -0.05) is 117 Å². The van der Waals surface area contributed by atoms with Crippen molar-refractivity contribution in [2.45, 2.75) is 129 Å². The van der Waals surface area contributed by atoms with Crippen LogP contribution in [-0.2, 0) is 4.43 Å². The highest BCUT2D eigenvalue weighted by Crippen LogP contribution is 2.25. The van der Waals surface area contributed by atoms with Crippen LogP contribution in [0.25, 0.3) is 0 Å². The van der Waals surface area contributed by atoms with Crippen LogP contribution in [0.3, 0.4) is 0 Å². The molecule has 25 heavy (non-hydrogen) atoms. The van der Waals surface area contributed by atoms with Crippen LogP contribution in [0.15, 0.2) is 0 Å². The van der Waals surface area contributed by atoms with Crippen LogP contribution >= 0.6 is 22.2 Å². The molecule has 0 radical (unpaired) electrons. The zero-order chi connectivity index (χ0) is 18.6. The Balaban J connectivity index is 3.14. The summed E-state index contributed by atoms with van der Waals surface area (Å²) < 4.78 is 5.57. The van der Waals surface area contributed by atoms with E-state index >= 15 is 0 Å². The van der Waals surface area contributed by atoms with Gasteiger partial charge in [-0.2, -0.15) is 0 Å². The molecular formula is C21H44Cl2OSi. The van der Waals surface area contributed by atoms with Crippen LogP contribution < -0.4 is 0 Å². The maximum absolute atomic E-state index is 6.26. The lowest BCUT2D eigenvalue weighted by Crippen LogP contribution is -2.24. The van der Waals surface area contributed by atoms with Crippen LogP contribution in [-0.4, -0.2) is 13.5 Å². The van der Waals surface area contributed by atoms with Crippen molar-refractivity contribution in [2.24, 2.45) is 0 Å². The molecule has 152 valence electrons. The number of hydrogen-bond acceptors (Lipinski definition) is 1. The molecule has 1 nitrogen and oxygen atoms in total. The van der Waals surface area contributed by atoms with E-state index in [1.165, 1.54) is 96.3 Å². The van der Waals surface area contributed by atoms with Gasteiger partial charge in [-0.15, -0.1) is 22.2 Å². The summed E-state index contributed by atoms with van der Waals surface area (Å²) in [4.78, 5) is 0. The molecule has 0 N–H and O–H groups in total. The molecule has 0 aromatic heterocycles. The molecule has 0 unspecified atom stereocenters. The SMILES string of the molecule is CCCCCCCCCCCCCCCCCC[Si](Cl)(Cl)OCCC. The van der Waals surface area contributed by atoms with E-state index in [1.807, 2.05) is 0 Å². The van der Waals surface area contributed by atoms with E-state index in [9.17, 15) is 0 Å². The molecule has 0 spiro atoms. The molecule has 0 heterocycles. The van der Waals surface area contributed by atoms with Gasteiger partial charge in [0.2, 0.25) is 0 Å². The first kappa shape index (κ1) is 25.8. The second-order valence-corrected chi connectivity index (χ2v) is 13.8. The van der Waals surface area contributed by atoms with Crippen molar-refractivity contribution in [3.8, 4) is 0 Å². The minimum absolute atomic E-state index is 0.706. The van der Waals surface area contributed by atoms with Crippen LogP contribution in [0.5, 0.6) is 0 Å². The molecule has 0 bridgehead atoms. The Hall–Kier alpha value is 0.757.